The molecule has 2 rings (SSSR count). The summed E-state index contributed by atoms with van der Waals surface area (Å²) < 4.78 is 1.80. The molecular formula is C13H14N4. The van der Waals surface area contributed by atoms with Crippen LogP contribution in [0.15, 0.2) is 24.3 Å². The van der Waals surface area contributed by atoms with Gasteiger partial charge in [-0.3, -0.25) is 0 Å². The van der Waals surface area contributed by atoms with Gasteiger partial charge in [0.1, 0.15) is 5.82 Å². The Morgan fingerprint density at radius 2 is 2.18 bits per heavy atom. The highest BCUT2D eigenvalue weighted by molar-refractivity contribution is 5.56. The van der Waals surface area contributed by atoms with E-state index in [1.54, 1.807) is 4.68 Å². The van der Waals surface area contributed by atoms with Gasteiger partial charge in [0.15, 0.2) is 5.82 Å². The largest absolute Gasteiger partial charge is 0.245 e. The lowest BCUT2D eigenvalue weighted by molar-refractivity contribution is 0.628. The van der Waals surface area contributed by atoms with Crippen LogP contribution < -0.4 is 0 Å². The molecule has 0 spiro atoms. The van der Waals surface area contributed by atoms with Gasteiger partial charge < -0.3 is 0 Å². The molecule has 0 saturated carbocycles. The minimum Gasteiger partial charge on any atom is -0.245 e. The zero-order valence-corrected chi connectivity index (χ0v) is 10.0. The number of hydrogen-bond acceptors (Lipinski definition) is 3. The SMILES string of the molecule is Cc1cccc(-c2nc(C)nn2CCC#N)c1. The summed E-state index contributed by atoms with van der Waals surface area (Å²) in [6.45, 7) is 4.50. The molecule has 4 nitrogen and oxygen atoms in total. The lowest BCUT2D eigenvalue weighted by atomic mass is 10.1. The number of benzene rings is 1. The van der Waals surface area contributed by atoms with E-state index in [1.807, 2.05) is 32.0 Å². The second-order valence-electron chi connectivity index (χ2n) is 3.98. The molecule has 4 heteroatoms. The molecule has 0 N–H and O–H groups in total. The molecule has 86 valence electrons. The van der Waals surface area contributed by atoms with Crippen LogP contribution >= 0.6 is 0 Å². The van der Waals surface area contributed by atoms with E-state index in [0.717, 1.165) is 17.2 Å². The fraction of sp³-hybridized carbons (Fsp3) is 0.308. The summed E-state index contributed by atoms with van der Waals surface area (Å²) in [6.07, 6.45) is 0.446. The lowest BCUT2D eigenvalue weighted by Gasteiger charge is -2.04. The van der Waals surface area contributed by atoms with E-state index in [2.05, 4.69) is 22.2 Å². The van der Waals surface area contributed by atoms with E-state index in [1.165, 1.54) is 5.56 Å². The van der Waals surface area contributed by atoms with Crippen LogP contribution in [0.3, 0.4) is 0 Å². The van der Waals surface area contributed by atoms with Crippen LogP contribution in [0.25, 0.3) is 11.4 Å². The monoisotopic (exact) mass is 226 g/mol. The average Bonchev–Trinajstić information content (AvgIpc) is 2.68. The summed E-state index contributed by atoms with van der Waals surface area (Å²) in [7, 11) is 0. The summed E-state index contributed by atoms with van der Waals surface area (Å²) >= 11 is 0. The Balaban J connectivity index is 2.41. The van der Waals surface area contributed by atoms with Gasteiger partial charge in [-0.05, 0) is 19.9 Å². The molecule has 0 aliphatic rings. The standard InChI is InChI=1S/C13H14N4/c1-10-5-3-6-12(9-10)13-15-11(2)16-17(13)8-4-7-14/h3,5-6,9H,4,8H2,1-2H3. The normalized spacial score (nSPS) is 10.2. The van der Waals surface area contributed by atoms with Crippen molar-refractivity contribution in [3.63, 3.8) is 0 Å². The zero-order chi connectivity index (χ0) is 12.3. The van der Waals surface area contributed by atoms with Crippen LogP contribution in [0.1, 0.15) is 17.8 Å². The molecule has 17 heavy (non-hydrogen) atoms. The van der Waals surface area contributed by atoms with Crippen molar-refractivity contribution in [1.82, 2.24) is 14.8 Å². The molecule has 0 aliphatic carbocycles. The second kappa shape index (κ2) is 4.79. The van der Waals surface area contributed by atoms with Crippen molar-refractivity contribution < 1.29 is 0 Å². The van der Waals surface area contributed by atoms with Gasteiger partial charge in [0, 0.05) is 5.56 Å². The van der Waals surface area contributed by atoms with Gasteiger partial charge in [-0.15, -0.1) is 0 Å². The molecule has 0 aliphatic heterocycles. The van der Waals surface area contributed by atoms with E-state index in [9.17, 15) is 0 Å². The first-order chi connectivity index (χ1) is 8.20. The van der Waals surface area contributed by atoms with E-state index >= 15 is 0 Å². The van der Waals surface area contributed by atoms with Gasteiger partial charge in [-0.25, -0.2) is 9.67 Å². The molecular weight excluding hydrogens is 212 g/mol. The van der Waals surface area contributed by atoms with Crippen molar-refractivity contribution in [1.29, 1.82) is 5.26 Å². The Hall–Kier alpha value is -2.15. The molecule has 1 heterocycles. The van der Waals surface area contributed by atoms with Crippen LogP contribution in [0, 0.1) is 25.2 Å². The van der Waals surface area contributed by atoms with Crippen LogP contribution in [-0.4, -0.2) is 14.8 Å². The second-order valence-corrected chi connectivity index (χ2v) is 3.98. The first-order valence-electron chi connectivity index (χ1n) is 5.56. The molecule has 1 aromatic heterocycles. The first kappa shape index (κ1) is 11.3. The zero-order valence-electron chi connectivity index (χ0n) is 10.0. The maximum atomic E-state index is 8.63. The van der Waals surface area contributed by atoms with Crippen LogP contribution in [0.4, 0.5) is 0 Å². The van der Waals surface area contributed by atoms with Gasteiger partial charge in [0.2, 0.25) is 0 Å². The Morgan fingerprint density at radius 3 is 2.88 bits per heavy atom. The van der Waals surface area contributed by atoms with Crippen LogP contribution in [0.2, 0.25) is 0 Å². The molecule has 2 aromatic rings. The van der Waals surface area contributed by atoms with Crippen molar-refractivity contribution in [3.05, 3.63) is 35.7 Å². The number of nitrogens with zero attached hydrogens (tertiary/aromatic N) is 4. The van der Waals surface area contributed by atoms with Crippen molar-refractivity contribution in [2.45, 2.75) is 26.8 Å². The third kappa shape index (κ3) is 2.51. The molecule has 0 amide bonds. The van der Waals surface area contributed by atoms with Crippen LogP contribution in [0.5, 0.6) is 0 Å². The quantitative estimate of drug-likeness (QED) is 0.807. The third-order valence-corrected chi connectivity index (χ3v) is 2.49. The lowest BCUT2D eigenvalue weighted by Crippen LogP contribution is -2.02. The van der Waals surface area contributed by atoms with Crippen LogP contribution in [-0.2, 0) is 6.54 Å². The molecule has 0 saturated heterocycles. The maximum Gasteiger partial charge on any atom is 0.158 e. The van der Waals surface area contributed by atoms with E-state index < -0.39 is 0 Å². The molecule has 0 bridgehead atoms. The molecule has 0 unspecified atom stereocenters. The minimum absolute atomic E-state index is 0.446. The first-order valence-corrected chi connectivity index (χ1v) is 5.56. The Bertz CT molecular complexity index is 563. The molecule has 0 fully saturated rings. The third-order valence-electron chi connectivity index (χ3n) is 2.49. The van der Waals surface area contributed by atoms with Gasteiger partial charge in [-0.2, -0.15) is 10.4 Å². The summed E-state index contributed by atoms with van der Waals surface area (Å²) in [5, 5.41) is 12.9. The number of hydrogen-bond donors (Lipinski definition) is 0. The Labute approximate surface area is 101 Å². The fourth-order valence-corrected chi connectivity index (χ4v) is 1.76. The highest BCUT2D eigenvalue weighted by Crippen LogP contribution is 2.18. The van der Waals surface area contributed by atoms with Crippen molar-refractivity contribution in [2.24, 2.45) is 0 Å². The smallest absolute Gasteiger partial charge is 0.158 e. The van der Waals surface area contributed by atoms with Crippen molar-refractivity contribution >= 4 is 0 Å². The summed E-state index contributed by atoms with van der Waals surface area (Å²) in [4.78, 5) is 4.42. The Morgan fingerprint density at radius 1 is 1.35 bits per heavy atom. The number of rotatable bonds is 3. The predicted octanol–water partition coefficient (Wildman–Crippen LogP) is 2.48. The Kier molecular flexibility index (Phi) is 3.20. The summed E-state index contributed by atoms with van der Waals surface area (Å²) in [5.74, 6) is 1.57. The van der Waals surface area contributed by atoms with Crippen molar-refractivity contribution in [2.75, 3.05) is 0 Å². The predicted molar refractivity (Wildman–Crippen MR) is 65.2 cm³/mol. The highest BCUT2D eigenvalue weighted by atomic mass is 15.3. The number of aromatic nitrogens is 3. The van der Waals surface area contributed by atoms with E-state index in [0.29, 0.717) is 13.0 Å². The van der Waals surface area contributed by atoms with Crippen molar-refractivity contribution in [3.8, 4) is 17.5 Å². The van der Waals surface area contributed by atoms with E-state index in [-0.39, 0.29) is 0 Å². The molecule has 0 radical (unpaired) electrons. The highest BCUT2D eigenvalue weighted by Gasteiger charge is 2.09. The number of aryl methyl sites for hydroxylation is 3. The minimum atomic E-state index is 0.446. The van der Waals surface area contributed by atoms with Gasteiger partial charge in [0.05, 0.1) is 19.0 Å². The van der Waals surface area contributed by atoms with Gasteiger partial charge >= 0.3 is 0 Å². The average molecular weight is 226 g/mol. The topological polar surface area (TPSA) is 54.5 Å². The number of nitriles is 1. The maximum absolute atomic E-state index is 8.63. The molecule has 1 aromatic carbocycles. The van der Waals surface area contributed by atoms with E-state index in [4.69, 9.17) is 5.26 Å². The summed E-state index contributed by atoms with van der Waals surface area (Å²) in [5.41, 5.74) is 2.23. The molecule has 0 atom stereocenters. The van der Waals surface area contributed by atoms with Gasteiger partial charge in [0.25, 0.3) is 0 Å². The fourth-order valence-electron chi connectivity index (χ4n) is 1.76. The van der Waals surface area contributed by atoms with Gasteiger partial charge in [-0.1, -0.05) is 23.8 Å². The summed E-state index contributed by atoms with van der Waals surface area (Å²) in [6, 6.07) is 10.3.